The lowest BCUT2D eigenvalue weighted by molar-refractivity contribution is -0.133. The topological polar surface area (TPSA) is 157 Å². The number of hydrogen-bond acceptors (Lipinski definition) is 9. The number of carbonyl (C=O) groups excluding carboxylic acids is 8. The smallest absolute Gasteiger partial charge is 0.161 e. The Morgan fingerprint density at radius 2 is 0.857 bits per heavy atom. The Hall–Kier alpha value is -2.94. The first kappa shape index (κ1) is 55.5. The summed E-state index contributed by atoms with van der Waals surface area (Å²) in [6.45, 7) is 27.8. The number of rotatable bonds is 19. The molecule has 0 rings (SSSR count). The molecule has 0 bridgehead atoms. The molecule has 0 aromatic rings. The van der Waals surface area contributed by atoms with Crippen LogP contribution < -0.4 is 0 Å². The molecule has 0 heterocycles. The number of carbonyl (C=O) groups is 8. The minimum Gasteiger partial charge on any atom is -0.385 e. The zero-order valence-electron chi connectivity index (χ0n) is 33.7. The molecule has 0 fully saturated rings. The molecule has 9 nitrogen and oxygen atoms in total. The van der Waals surface area contributed by atoms with E-state index in [9.17, 15) is 38.4 Å². The number of allylic oxidation sites excluding steroid dienone is 2. The van der Waals surface area contributed by atoms with Crippen molar-refractivity contribution in [2.45, 2.75) is 168 Å². The minimum atomic E-state index is -1.09. The van der Waals surface area contributed by atoms with Crippen LogP contribution in [-0.4, -0.2) is 57.5 Å². The van der Waals surface area contributed by atoms with Crippen LogP contribution in [0.1, 0.15) is 162 Å². The van der Waals surface area contributed by atoms with Crippen molar-refractivity contribution >= 4 is 46.3 Å². The lowest BCUT2D eigenvalue weighted by Crippen LogP contribution is -2.24. The van der Waals surface area contributed by atoms with Gasteiger partial charge < -0.3 is 5.11 Å². The standard InChI is InChI=1S/C9H16O3.C9H16O2.C9H14O2.C7H14O.C6H12O/c1-4-7(10)9(12)5-8(11)6(2)3;2*1-4-8(10)5-6-9(11)7(2)3;1-4-5-7(8)6(2)3;1-4-6(7)5(2)3/h6,9,12H,4-5H2,1-3H3;7H,4-6H2,1-3H3;5-7H,4H2,1-3H3;6H,4-5H2,1-3H3;5H,4H2,1-3H3/b;;6-5+;;. The average molecular weight is 697 g/mol. The van der Waals surface area contributed by atoms with Gasteiger partial charge in [0, 0.05) is 81.0 Å². The van der Waals surface area contributed by atoms with E-state index >= 15 is 0 Å². The molecule has 0 saturated heterocycles. The van der Waals surface area contributed by atoms with Crippen molar-refractivity contribution in [1.29, 1.82) is 0 Å². The van der Waals surface area contributed by atoms with Gasteiger partial charge in [0.05, 0.1) is 0 Å². The van der Waals surface area contributed by atoms with Crippen LogP contribution in [0.15, 0.2) is 12.2 Å². The van der Waals surface area contributed by atoms with Crippen LogP contribution in [0.3, 0.4) is 0 Å². The monoisotopic (exact) mass is 697 g/mol. The van der Waals surface area contributed by atoms with E-state index in [1.54, 1.807) is 27.7 Å². The summed E-state index contributed by atoms with van der Waals surface area (Å²) >= 11 is 0. The Bertz CT molecular complexity index is 999. The van der Waals surface area contributed by atoms with Gasteiger partial charge in [0.15, 0.2) is 17.3 Å². The van der Waals surface area contributed by atoms with E-state index in [2.05, 4.69) is 0 Å². The molecule has 0 spiro atoms. The summed E-state index contributed by atoms with van der Waals surface area (Å²) in [6.07, 6.45) is 6.12. The van der Waals surface area contributed by atoms with E-state index in [1.807, 2.05) is 76.2 Å². The van der Waals surface area contributed by atoms with Gasteiger partial charge in [-0.15, -0.1) is 0 Å². The van der Waals surface area contributed by atoms with Crippen molar-refractivity contribution in [3.05, 3.63) is 12.2 Å². The molecule has 0 aliphatic rings. The zero-order chi connectivity index (χ0) is 39.9. The van der Waals surface area contributed by atoms with Crippen LogP contribution in [-0.2, 0) is 38.4 Å². The van der Waals surface area contributed by atoms with Gasteiger partial charge in [0.1, 0.15) is 35.0 Å². The maximum Gasteiger partial charge on any atom is 0.161 e. The molecule has 0 aromatic carbocycles. The molecular weight excluding hydrogens is 624 g/mol. The third kappa shape index (κ3) is 39.4. The maximum absolute atomic E-state index is 11.1. The molecule has 0 aromatic heterocycles. The fourth-order valence-electron chi connectivity index (χ4n) is 2.93. The highest BCUT2D eigenvalue weighted by Crippen LogP contribution is 2.05. The molecule has 0 aliphatic carbocycles. The summed E-state index contributed by atoms with van der Waals surface area (Å²) in [7, 11) is 0. The Morgan fingerprint density at radius 1 is 0.449 bits per heavy atom. The molecule has 0 aliphatic heterocycles. The fraction of sp³-hybridized carbons (Fsp3) is 0.750. The quantitative estimate of drug-likeness (QED) is 0.131. The van der Waals surface area contributed by atoms with Crippen LogP contribution in [0, 0.1) is 29.6 Å². The van der Waals surface area contributed by atoms with Crippen LogP contribution in [0.25, 0.3) is 0 Å². The van der Waals surface area contributed by atoms with Gasteiger partial charge in [-0.1, -0.05) is 104 Å². The molecule has 0 amide bonds. The van der Waals surface area contributed by atoms with Gasteiger partial charge in [-0.3, -0.25) is 38.4 Å². The highest BCUT2D eigenvalue weighted by atomic mass is 16.3. The Balaban J connectivity index is -0.000000167. The molecule has 286 valence electrons. The summed E-state index contributed by atoms with van der Waals surface area (Å²) in [6, 6.07) is 0. The number of aliphatic hydroxyl groups is 1. The fourth-order valence-corrected chi connectivity index (χ4v) is 2.93. The first-order valence-corrected chi connectivity index (χ1v) is 18.1. The summed E-state index contributed by atoms with van der Waals surface area (Å²) in [5.74, 6) is 1.18. The van der Waals surface area contributed by atoms with Gasteiger partial charge in [-0.2, -0.15) is 0 Å². The molecule has 9 heteroatoms. The second-order valence-corrected chi connectivity index (χ2v) is 13.2. The summed E-state index contributed by atoms with van der Waals surface area (Å²) in [5, 5.41) is 9.17. The van der Waals surface area contributed by atoms with Gasteiger partial charge in [0.2, 0.25) is 0 Å². The second kappa shape index (κ2) is 34.9. The first-order chi connectivity index (χ1) is 22.5. The predicted molar refractivity (Wildman–Crippen MR) is 199 cm³/mol. The molecule has 1 atom stereocenters. The number of ketones is 8. The molecule has 0 saturated carbocycles. The van der Waals surface area contributed by atoms with Gasteiger partial charge in [0.25, 0.3) is 0 Å². The van der Waals surface area contributed by atoms with Crippen molar-refractivity contribution in [2.24, 2.45) is 29.6 Å². The normalized spacial score (nSPS) is 11.0. The zero-order valence-corrected chi connectivity index (χ0v) is 33.7. The summed E-state index contributed by atoms with van der Waals surface area (Å²) < 4.78 is 0. The third-order valence-electron chi connectivity index (χ3n) is 6.93. The number of aliphatic hydroxyl groups excluding tert-OH is 1. The van der Waals surface area contributed by atoms with Crippen LogP contribution >= 0.6 is 0 Å². The second-order valence-electron chi connectivity index (χ2n) is 13.2. The van der Waals surface area contributed by atoms with E-state index in [4.69, 9.17) is 5.11 Å². The van der Waals surface area contributed by atoms with Crippen molar-refractivity contribution in [3.8, 4) is 0 Å². The maximum atomic E-state index is 11.1. The van der Waals surface area contributed by atoms with Crippen LogP contribution in [0.4, 0.5) is 0 Å². The van der Waals surface area contributed by atoms with E-state index in [0.717, 1.165) is 12.8 Å². The van der Waals surface area contributed by atoms with Crippen molar-refractivity contribution in [2.75, 3.05) is 0 Å². The van der Waals surface area contributed by atoms with Crippen molar-refractivity contribution in [1.82, 2.24) is 0 Å². The van der Waals surface area contributed by atoms with E-state index < -0.39 is 6.10 Å². The lowest BCUT2D eigenvalue weighted by atomic mass is 10.0. The largest absolute Gasteiger partial charge is 0.385 e. The van der Waals surface area contributed by atoms with Gasteiger partial charge in [-0.05, 0) is 18.6 Å². The molecule has 1 N–H and O–H groups in total. The van der Waals surface area contributed by atoms with E-state index in [-0.39, 0.29) is 77.1 Å². The number of hydrogen-bond donors (Lipinski definition) is 1. The Labute approximate surface area is 298 Å². The van der Waals surface area contributed by atoms with E-state index in [0.29, 0.717) is 43.7 Å². The van der Waals surface area contributed by atoms with Crippen molar-refractivity contribution in [3.63, 3.8) is 0 Å². The molecule has 0 radical (unpaired) electrons. The molecule has 1 unspecified atom stereocenters. The molecule has 49 heavy (non-hydrogen) atoms. The first-order valence-electron chi connectivity index (χ1n) is 18.1. The minimum absolute atomic E-state index is 0.000926. The lowest BCUT2D eigenvalue weighted by Gasteiger charge is -2.08. The predicted octanol–water partition coefficient (Wildman–Crippen LogP) is 8.29. The SMILES string of the molecule is CCC(=O)/C=C/C(=O)C(C)C.CCC(=O)C(C)C.CCC(=O)C(O)CC(=O)C(C)C.CCC(=O)CCC(=O)C(C)C.CCCC(=O)C(C)C. The highest BCUT2D eigenvalue weighted by molar-refractivity contribution is 5.99. The Morgan fingerprint density at radius 3 is 1.12 bits per heavy atom. The van der Waals surface area contributed by atoms with Gasteiger partial charge >= 0.3 is 0 Å². The van der Waals surface area contributed by atoms with Crippen LogP contribution in [0.2, 0.25) is 0 Å². The highest BCUT2D eigenvalue weighted by Gasteiger charge is 2.18. The number of Topliss-reactive ketones (excluding diaryl/α,β-unsaturated/α-hetero) is 6. The summed E-state index contributed by atoms with van der Waals surface area (Å²) in [4.78, 5) is 86.6. The van der Waals surface area contributed by atoms with Crippen LogP contribution in [0.5, 0.6) is 0 Å². The van der Waals surface area contributed by atoms with Gasteiger partial charge in [-0.25, -0.2) is 0 Å². The van der Waals surface area contributed by atoms with E-state index in [1.165, 1.54) is 12.2 Å². The van der Waals surface area contributed by atoms with Crippen molar-refractivity contribution < 1.29 is 43.5 Å². The average Bonchev–Trinajstić information content (AvgIpc) is 3.05. The summed E-state index contributed by atoms with van der Waals surface area (Å²) in [5.41, 5.74) is 0. The Kier molecular flexibility index (Phi) is 39.5. The third-order valence-corrected chi connectivity index (χ3v) is 6.93. The molecular formula is C40H72O9.